The molecular formula is C16H24N2O3V. The predicted molar refractivity (Wildman–Crippen MR) is 81.0 cm³/mol. The molecular weight excluding hydrogens is 319 g/mol. The molecule has 0 spiro atoms. The molecule has 22 heavy (non-hydrogen) atoms. The molecule has 0 atom stereocenters. The van der Waals surface area contributed by atoms with E-state index in [9.17, 15) is 0 Å². The molecule has 1 saturated carbocycles. The Morgan fingerprint density at radius 2 is 1.77 bits per heavy atom. The van der Waals surface area contributed by atoms with E-state index in [0.717, 1.165) is 12.8 Å². The average molecular weight is 343 g/mol. The summed E-state index contributed by atoms with van der Waals surface area (Å²) < 4.78 is 11.4. The molecule has 0 unspecified atom stereocenters. The van der Waals surface area contributed by atoms with Crippen LogP contribution in [-0.4, -0.2) is 33.8 Å². The Balaban J connectivity index is 0.00000220. The minimum Gasteiger partial charge on any atom is -0.473 e. The van der Waals surface area contributed by atoms with Gasteiger partial charge in [-0.15, -0.1) is 0 Å². The number of aromatic nitrogens is 2. The Bertz CT molecular complexity index is 488. The zero-order chi connectivity index (χ0) is 14.5. The average Bonchev–Trinajstić information content (AvgIpc) is 2.34. The first-order chi connectivity index (χ1) is 9.52. The predicted octanol–water partition coefficient (Wildman–Crippen LogP) is 1.99. The summed E-state index contributed by atoms with van der Waals surface area (Å²) in [4.78, 5) is 8.47. The summed E-state index contributed by atoms with van der Waals surface area (Å²) >= 11 is 0. The maximum atomic E-state index is 5.74. The molecule has 121 valence electrons. The van der Waals surface area contributed by atoms with Gasteiger partial charge in [0.1, 0.15) is 11.8 Å². The van der Waals surface area contributed by atoms with Crippen molar-refractivity contribution in [2.24, 2.45) is 5.92 Å². The second-order valence-corrected chi connectivity index (χ2v) is 5.68. The quantitative estimate of drug-likeness (QED) is 0.784. The van der Waals surface area contributed by atoms with Crippen molar-refractivity contribution in [1.82, 2.24) is 9.97 Å². The van der Waals surface area contributed by atoms with Crippen molar-refractivity contribution >= 4 is 0 Å². The normalized spacial score (nSPS) is 19.4. The molecule has 0 bridgehead atoms. The fourth-order valence-electron chi connectivity index (χ4n) is 1.94. The smallest absolute Gasteiger partial charge is 0.232 e. The van der Waals surface area contributed by atoms with Crippen molar-refractivity contribution in [2.75, 3.05) is 0 Å². The Morgan fingerprint density at radius 3 is 2.27 bits per heavy atom. The maximum Gasteiger partial charge on any atom is 0.232 e. The van der Waals surface area contributed by atoms with Crippen LogP contribution in [0.3, 0.4) is 0 Å². The van der Waals surface area contributed by atoms with Crippen molar-refractivity contribution in [3.63, 3.8) is 0 Å². The van der Waals surface area contributed by atoms with Crippen LogP contribution in [0.5, 0.6) is 5.88 Å². The molecule has 2 N–H and O–H groups in total. The third kappa shape index (κ3) is 6.80. The van der Waals surface area contributed by atoms with Crippen LogP contribution in [0, 0.1) is 17.8 Å². The van der Waals surface area contributed by atoms with E-state index in [1.54, 1.807) is 12.4 Å². The van der Waals surface area contributed by atoms with E-state index < -0.39 is 0 Å². The maximum absolute atomic E-state index is 5.74. The van der Waals surface area contributed by atoms with Crippen molar-refractivity contribution in [3.05, 3.63) is 18.1 Å². The fourth-order valence-corrected chi connectivity index (χ4v) is 1.94. The molecule has 1 aliphatic carbocycles. The van der Waals surface area contributed by atoms with Gasteiger partial charge in [-0.1, -0.05) is 19.8 Å². The second-order valence-electron chi connectivity index (χ2n) is 5.68. The third-order valence-electron chi connectivity index (χ3n) is 2.92. The number of rotatable bonds is 4. The van der Waals surface area contributed by atoms with Crippen LogP contribution < -0.4 is 4.74 Å². The molecule has 0 saturated heterocycles. The Hall–Kier alpha value is -1.06. The Morgan fingerprint density at radius 1 is 1.09 bits per heavy atom. The molecule has 0 aliphatic heterocycles. The van der Waals surface area contributed by atoms with Gasteiger partial charge in [-0.05, 0) is 19.8 Å². The van der Waals surface area contributed by atoms with E-state index in [1.165, 1.54) is 0 Å². The van der Waals surface area contributed by atoms with Crippen LogP contribution in [0.2, 0.25) is 0 Å². The van der Waals surface area contributed by atoms with Gasteiger partial charge in [-0.3, -0.25) is 0 Å². The summed E-state index contributed by atoms with van der Waals surface area (Å²) in [6, 6.07) is 0. The zero-order valence-corrected chi connectivity index (χ0v) is 14.9. The molecule has 1 aromatic rings. The van der Waals surface area contributed by atoms with Crippen LogP contribution in [0.4, 0.5) is 0 Å². The number of hydrogen-bond donors (Lipinski definition) is 0. The van der Waals surface area contributed by atoms with Gasteiger partial charge < -0.3 is 14.9 Å². The van der Waals surface area contributed by atoms with Gasteiger partial charge in [0.25, 0.3) is 0 Å². The summed E-state index contributed by atoms with van der Waals surface area (Å²) in [6.07, 6.45) is 5.94. The Labute approximate surface area is 144 Å². The van der Waals surface area contributed by atoms with E-state index >= 15 is 0 Å². The van der Waals surface area contributed by atoms with Gasteiger partial charge in [0, 0.05) is 37.3 Å². The van der Waals surface area contributed by atoms with Gasteiger partial charge in [0.15, 0.2) is 0 Å². The van der Waals surface area contributed by atoms with E-state index in [1.807, 2.05) is 13.8 Å². The first-order valence-corrected chi connectivity index (χ1v) is 7.18. The van der Waals surface area contributed by atoms with Crippen molar-refractivity contribution < 1.29 is 33.5 Å². The third-order valence-corrected chi connectivity index (χ3v) is 2.92. The van der Waals surface area contributed by atoms with Crippen LogP contribution in [0.25, 0.3) is 0 Å². The molecule has 0 aromatic carbocycles. The van der Waals surface area contributed by atoms with Gasteiger partial charge in [-0.25, -0.2) is 9.97 Å². The van der Waals surface area contributed by atoms with E-state index in [2.05, 4.69) is 35.7 Å². The number of ether oxygens (including phenoxy) is 2. The fraction of sp³-hybridized carbons (Fsp3) is 0.625. The molecule has 1 fully saturated rings. The standard InChI is InChI=1S/C16H22N2O2.H2O.V/c1-11(2)5-6-13-9-18-16(10-17-13)20-15-7-14(8-15)19-12(3)4;;/h9-12,14-15H,7-8H2,1-4H3;1H2;. The molecule has 0 amide bonds. The summed E-state index contributed by atoms with van der Waals surface area (Å²) in [6.45, 7) is 8.20. The summed E-state index contributed by atoms with van der Waals surface area (Å²) in [7, 11) is 0. The van der Waals surface area contributed by atoms with Gasteiger partial charge in [0.2, 0.25) is 5.88 Å². The molecule has 2 rings (SSSR count). The van der Waals surface area contributed by atoms with E-state index in [4.69, 9.17) is 9.47 Å². The minimum atomic E-state index is 0. The van der Waals surface area contributed by atoms with Gasteiger partial charge in [0.05, 0.1) is 24.6 Å². The van der Waals surface area contributed by atoms with Crippen LogP contribution in [-0.2, 0) is 23.3 Å². The summed E-state index contributed by atoms with van der Waals surface area (Å²) in [5, 5.41) is 0. The molecule has 1 aromatic heterocycles. The first kappa shape index (κ1) is 20.9. The van der Waals surface area contributed by atoms with Crippen molar-refractivity contribution in [2.45, 2.75) is 58.8 Å². The SMILES string of the molecule is CC(C)C#Cc1cnc(OC2CC(OC(C)C)C2)cn1.O.[V]. The van der Waals surface area contributed by atoms with Crippen molar-refractivity contribution in [3.8, 4) is 17.7 Å². The molecule has 1 radical (unpaired) electrons. The van der Waals surface area contributed by atoms with Crippen molar-refractivity contribution in [1.29, 1.82) is 0 Å². The topological polar surface area (TPSA) is 75.7 Å². The molecule has 5 nitrogen and oxygen atoms in total. The van der Waals surface area contributed by atoms with Crippen LogP contribution >= 0.6 is 0 Å². The number of hydrogen-bond acceptors (Lipinski definition) is 4. The van der Waals surface area contributed by atoms with Gasteiger partial charge in [-0.2, -0.15) is 0 Å². The second kappa shape index (κ2) is 9.86. The Kier molecular flexibility index (Phi) is 9.39. The van der Waals surface area contributed by atoms with E-state index in [0.29, 0.717) is 23.6 Å². The van der Waals surface area contributed by atoms with Crippen LogP contribution in [0.15, 0.2) is 12.4 Å². The summed E-state index contributed by atoms with van der Waals surface area (Å²) in [5.41, 5.74) is 0.681. The molecule has 6 heteroatoms. The first-order valence-electron chi connectivity index (χ1n) is 7.18. The molecule has 1 heterocycles. The number of nitrogens with zero attached hydrogens (tertiary/aromatic N) is 2. The monoisotopic (exact) mass is 343 g/mol. The summed E-state index contributed by atoms with van der Waals surface area (Å²) in [5.74, 6) is 6.94. The molecule has 1 aliphatic rings. The zero-order valence-electron chi connectivity index (χ0n) is 13.5. The van der Waals surface area contributed by atoms with E-state index in [-0.39, 0.29) is 36.2 Å². The largest absolute Gasteiger partial charge is 0.473 e. The van der Waals surface area contributed by atoms with Gasteiger partial charge >= 0.3 is 0 Å². The minimum absolute atomic E-state index is 0. The van der Waals surface area contributed by atoms with Crippen LogP contribution in [0.1, 0.15) is 46.2 Å².